The number of nitrogens with zero attached hydrogens (tertiary/aromatic N) is 1. The summed E-state index contributed by atoms with van der Waals surface area (Å²) in [6.07, 6.45) is 3.61. The Labute approximate surface area is 269 Å². The van der Waals surface area contributed by atoms with Crippen LogP contribution in [0.15, 0.2) is 60.7 Å². The molecule has 5 amide bonds. The summed E-state index contributed by atoms with van der Waals surface area (Å²) < 4.78 is 5.21. The molecule has 2 aromatic rings. The average molecular weight is 636 g/mol. The van der Waals surface area contributed by atoms with Gasteiger partial charge in [-0.15, -0.1) is 0 Å². The Bertz CT molecular complexity index is 1320. The number of nitrogens with two attached hydrogens (primary N) is 1. The van der Waals surface area contributed by atoms with Crippen LogP contribution in [0.5, 0.6) is 0 Å². The molecule has 6 N–H and O–H groups in total. The molecule has 1 heterocycles. The monoisotopic (exact) mass is 635 g/mol. The van der Waals surface area contributed by atoms with E-state index >= 15 is 0 Å². The van der Waals surface area contributed by atoms with Gasteiger partial charge in [-0.2, -0.15) is 0 Å². The molecule has 2 aromatic carbocycles. The molecule has 12 heteroatoms. The number of ether oxygens (including phenoxy) is 1. The molecule has 46 heavy (non-hydrogen) atoms. The Morgan fingerprint density at radius 2 is 1.52 bits per heavy atom. The number of aliphatic hydroxyl groups is 1. The zero-order chi connectivity index (χ0) is 32.9. The molecule has 4 atom stereocenters. The van der Waals surface area contributed by atoms with Crippen LogP contribution in [-0.2, 0) is 36.9 Å². The highest BCUT2D eigenvalue weighted by Crippen LogP contribution is 2.24. The van der Waals surface area contributed by atoms with Crippen molar-refractivity contribution in [3.8, 4) is 0 Å². The predicted octanol–water partition coefficient (Wildman–Crippen LogP) is 1.93. The van der Waals surface area contributed by atoms with Crippen molar-refractivity contribution in [2.24, 2.45) is 11.7 Å². The van der Waals surface area contributed by atoms with Crippen molar-refractivity contribution in [3.63, 3.8) is 0 Å². The lowest BCUT2D eigenvalue weighted by atomic mass is 9.89. The fourth-order valence-corrected chi connectivity index (χ4v) is 6.11. The van der Waals surface area contributed by atoms with Gasteiger partial charge in [0, 0.05) is 13.1 Å². The first-order valence-corrected chi connectivity index (χ1v) is 16.1. The number of likely N-dealkylation sites (tertiary alicyclic amines) is 1. The van der Waals surface area contributed by atoms with Crippen LogP contribution >= 0.6 is 0 Å². The molecule has 1 saturated carbocycles. The average Bonchev–Trinajstić information content (AvgIpc) is 3.56. The summed E-state index contributed by atoms with van der Waals surface area (Å²) in [5, 5.41) is 19.4. The number of rotatable bonds is 14. The molecule has 0 bridgehead atoms. The van der Waals surface area contributed by atoms with Crippen molar-refractivity contribution in [2.75, 3.05) is 13.1 Å². The van der Waals surface area contributed by atoms with Crippen LogP contribution in [0.2, 0.25) is 0 Å². The summed E-state index contributed by atoms with van der Waals surface area (Å²) in [4.78, 5) is 66.1. The molecule has 0 spiro atoms. The van der Waals surface area contributed by atoms with Gasteiger partial charge in [0.25, 0.3) is 5.91 Å². The number of primary amides is 1. The maximum atomic E-state index is 13.7. The van der Waals surface area contributed by atoms with Gasteiger partial charge in [-0.05, 0) is 49.1 Å². The Morgan fingerprint density at radius 1 is 0.870 bits per heavy atom. The topological polar surface area (TPSA) is 180 Å². The second kappa shape index (κ2) is 17.3. The molecule has 1 aliphatic carbocycles. The van der Waals surface area contributed by atoms with Crippen molar-refractivity contribution in [1.82, 2.24) is 20.9 Å². The summed E-state index contributed by atoms with van der Waals surface area (Å²) in [5.41, 5.74) is 6.82. The van der Waals surface area contributed by atoms with Crippen molar-refractivity contribution >= 4 is 29.7 Å². The summed E-state index contributed by atoms with van der Waals surface area (Å²) in [6.45, 7) is 0.795. The van der Waals surface area contributed by atoms with Gasteiger partial charge in [-0.25, -0.2) is 4.79 Å². The Balaban J connectivity index is 1.43. The smallest absolute Gasteiger partial charge is 0.408 e. The maximum absolute atomic E-state index is 13.7. The minimum atomic E-state index is -1.71. The molecule has 0 radical (unpaired) electrons. The lowest BCUT2D eigenvalue weighted by Gasteiger charge is -2.31. The van der Waals surface area contributed by atoms with Crippen LogP contribution in [0.25, 0.3) is 0 Å². The molecular formula is C34H45N5O7. The number of hydrogen-bond donors (Lipinski definition) is 5. The number of hydrogen-bond acceptors (Lipinski definition) is 7. The minimum Gasteiger partial charge on any atom is -0.445 e. The van der Waals surface area contributed by atoms with Gasteiger partial charge in [-0.1, -0.05) is 79.9 Å². The largest absolute Gasteiger partial charge is 0.445 e. The van der Waals surface area contributed by atoms with Crippen molar-refractivity contribution < 1.29 is 33.8 Å². The second-order valence-electron chi connectivity index (χ2n) is 12.1. The molecule has 0 aromatic heterocycles. The van der Waals surface area contributed by atoms with E-state index in [-0.39, 0.29) is 18.9 Å². The van der Waals surface area contributed by atoms with Gasteiger partial charge in [0.1, 0.15) is 18.7 Å². The summed E-state index contributed by atoms with van der Waals surface area (Å²) in [5.74, 6) is -2.17. The number of carbonyl (C=O) groups is 5. The van der Waals surface area contributed by atoms with E-state index in [2.05, 4.69) is 16.0 Å². The highest BCUT2D eigenvalue weighted by molar-refractivity contribution is 5.93. The molecule has 0 unspecified atom stereocenters. The van der Waals surface area contributed by atoms with E-state index in [9.17, 15) is 29.1 Å². The first kappa shape index (κ1) is 34.4. The maximum Gasteiger partial charge on any atom is 0.408 e. The standard InChI is InChI=1S/C34H45N5O7/c35-29(40)20-27(38-34(45)46-22-25-15-8-3-9-16-25)31(42)37-26(19-23-11-4-1-5-12-23)30(41)33(44)39-18-10-17-28(39)32(43)36-21-24-13-6-2-7-14-24/h1,3-5,8-9,11-12,15-16,24,26-28,30,41H,2,6-7,10,13-14,17-22H2,(H2,35,40)(H,36,43)(H,37,42)(H,38,45)/t26-,27-,28-,30-/m0/s1. The number of alkyl carbamates (subject to hydrolysis) is 1. The third-order valence-corrected chi connectivity index (χ3v) is 8.62. The fourth-order valence-electron chi connectivity index (χ4n) is 6.11. The summed E-state index contributed by atoms with van der Waals surface area (Å²) >= 11 is 0. The molecule has 248 valence electrons. The molecule has 12 nitrogen and oxygen atoms in total. The normalized spacial score (nSPS) is 18.5. The van der Waals surface area contributed by atoms with E-state index in [1.807, 2.05) is 12.1 Å². The van der Waals surface area contributed by atoms with Crippen LogP contribution in [0.1, 0.15) is 62.5 Å². The molecule has 2 aliphatic rings. The Hall–Kier alpha value is -4.45. The van der Waals surface area contributed by atoms with Gasteiger partial charge in [0.2, 0.25) is 17.7 Å². The van der Waals surface area contributed by atoms with Crippen LogP contribution in [0.3, 0.4) is 0 Å². The molecule has 1 aliphatic heterocycles. The van der Waals surface area contributed by atoms with Gasteiger partial charge < -0.3 is 36.4 Å². The van der Waals surface area contributed by atoms with Crippen molar-refractivity contribution in [2.45, 2.75) is 88.6 Å². The first-order valence-electron chi connectivity index (χ1n) is 16.1. The lowest BCUT2D eigenvalue weighted by molar-refractivity contribution is -0.147. The predicted molar refractivity (Wildman–Crippen MR) is 170 cm³/mol. The molecule has 4 rings (SSSR count). The third-order valence-electron chi connectivity index (χ3n) is 8.62. The highest BCUT2D eigenvalue weighted by Gasteiger charge is 2.40. The number of amides is 5. The zero-order valence-electron chi connectivity index (χ0n) is 26.1. The van der Waals surface area contributed by atoms with E-state index in [0.717, 1.165) is 36.8 Å². The highest BCUT2D eigenvalue weighted by atomic mass is 16.5. The number of nitrogens with one attached hydrogen (secondary N) is 3. The van der Waals surface area contributed by atoms with Crippen molar-refractivity contribution in [3.05, 3.63) is 71.8 Å². The minimum absolute atomic E-state index is 0.0628. The van der Waals surface area contributed by atoms with Gasteiger partial charge in [0.05, 0.1) is 12.5 Å². The fraction of sp³-hybridized carbons (Fsp3) is 0.500. The summed E-state index contributed by atoms with van der Waals surface area (Å²) in [7, 11) is 0. The van der Waals surface area contributed by atoms with E-state index in [1.54, 1.807) is 48.5 Å². The number of aliphatic hydroxyl groups excluding tert-OH is 1. The van der Waals surface area contributed by atoms with E-state index < -0.39 is 54.5 Å². The summed E-state index contributed by atoms with van der Waals surface area (Å²) in [6, 6.07) is 14.6. The van der Waals surface area contributed by atoms with E-state index in [4.69, 9.17) is 10.5 Å². The van der Waals surface area contributed by atoms with Gasteiger partial charge in [-0.3, -0.25) is 19.2 Å². The van der Waals surface area contributed by atoms with Gasteiger partial charge in [0.15, 0.2) is 6.10 Å². The van der Waals surface area contributed by atoms with Crippen LogP contribution in [-0.4, -0.2) is 77.0 Å². The number of carbonyl (C=O) groups excluding carboxylic acids is 5. The van der Waals surface area contributed by atoms with Crippen LogP contribution < -0.4 is 21.7 Å². The lowest BCUT2D eigenvalue weighted by Crippen LogP contribution is -2.58. The first-order chi connectivity index (χ1) is 22.2. The zero-order valence-corrected chi connectivity index (χ0v) is 26.1. The number of benzene rings is 2. The van der Waals surface area contributed by atoms with Crippen LogP contribution in [0.4, 0.5) is 4.79 Å². The SMILES string of the molecule is NC(=O)C[C@H](NC(=O)OCc1ccccc1)C(=O)N[C@@H](Cc1ccccc1)[C@H](O)C(=O)N1CCC[C@H]1C(=O)NCC1CCCCC1. The second-order valence-corrected chi connectivity index (χ2v) is 12.1. The molecule has 2 fully saturated rings. The van der Waals surface area contributed by atoms with E-state index in [0.29, 0.717) is 31.8 Å². The Morgan fingerprint density at radius 3 is 2.17 bits per heavy atom. The van der Waals surface area contributed by atoms with Gasteiger partial charge >= 0.3 is 6.09 Å². The third kappa shape index (κ3) is 10.3. The van der Waals surface area contributed by atoms with Crippen LogP contribution in [0, 0.1) is 5.92 Å². The van der Waals surface area contributed by atoms with Crippen molar-refractivity contribution in [1.29, 1.82) is 0 Å². The molecule has 1 saturated heterocycles. The Kier molecular flexibility index (Phi) is 12.9. The molecular weight excluding hydrogens is 590 g/mol. The quantitative estimate of drug-likeness (QED) is 0.210. The van der Waals surface area contributed by atoms with E-state index in [1.165, 1.54) is 11.3 Å².